The number of nitrogens with zero attached hydrogens (tertiary/aromatic N) is 2. The third kappa shape index (κ3) is 5.77. The van der Waals surface area contributed by atoms with Crippen molar-refractivity contribution in [3.63, 3.8) is 0 Å². The van der Waals surface area contributed by atoms with E-state index in [1.165, 1.54) is 24.3 Å². The number of piperazine rings is 1. The van der Waals surface area contributed by atoms with E-state index in [2.05, 4.69) is 5.32 Å². The largest absolute Gasteiger partial charge is 0.496 e. The molecule has 2 aromatic rings. The van der Waals surface area contributed by atoms with Crippen LogP contribution in [0.15, 0.2) is 42.5 Å². The van der Waals surface area contributed by atoms with Crippen molar-refractivity contribution in [2.45, 2.75) is 13.3 Å². The zero-order valence-corrected chi connectivity index (χ0v) is 16.8. The van der Waals surface area contributed by atoms with Crippen LogP contribution in [-0.4, -0.2) is 61.4 Å². The number of carbonyl (C=O) groups excluding carboxylic acids is 2. The average Bonchev–Trinajstić information content (AvgIpc) is 2.71. The normalized spacial score (nSPS) is 14.5. The summed E-state index contributed by atoms with van der Waals surface area (Å²) in [6.07, 6.45) is 0.335. The molecule has 1 aliphatic heterocycles. The van der Waals surface area contributed by atoms with Gasteiger partial charge in [0, 0.05) is 31.9 Å². The first-order valence-electron chi connectivity index (χ1n) is 9.63. The molecule has 0 spiro atoms. The number of amides is 2. The number of methoxy groups -OCH3 is 1. The van der Waals surface area contributed by atoms with Crippen molar-refractivity contribution in [1.82, 2.24) is 9.80 Å². The molecule has 2 amide bonds. The predicted octanol–water partition coefficient (Wildman–Crippen LogP) is 2.47. The lowest BCUT2D eigenvalue weighted by Crippen LogP contribution is -2.50. The Morgan fingerprint density at radius 2 is 1.76 bits per heavy atom. The molecule has 0 atom stereocenters. The highest BCUT2D eigenvalue weighted by atomic mass is 19.1. The fourth-order valence-corrected chi connectivity index (χ4v) is 3.35. The molecule has 1 N–H and O–H groups in total. The van der Waals surface area contributed by atoms with Crippen molar-refractivity contribution in [3.8, 4) is 5.75 Å². The molecule has 154 valence electrons. The van der Waals surface area contributed by atoms with Crippen molar-refractivity contribution in [2.75, 3.05) is 45.2 Å². The van der Waals surface area contributed by atoms with Crippen LogP contribution >= 0.6 is 0 Å². The van der Waals surface area contributed by atoms with Gasteiger partial charge < -0.3 is 15.0 Å². The van der Waals surface area contributed by atoms with Gasteiger partial charge in [0.2, 0.25) is 11.8 Å². The second-order valence-corrected chi connectivity index (χ2v) is 7.19. The van der Waals surface area contributed by atoms with Crippen molar-refractivity contribution in [3.05, 3.63) is 59.4 Å². The Balaban J connectivity index is 1.45. The average molecular weight is 399 g/mol. The molecule has 0 bridgehead atoms. The molecule has 7 heteroatoms. The molecule has 2 aromatic carbocycles. The Kier molecular flexibility index (Phi) is 6.82. The van der Waals surface area contributed by atoms with Gasteiger partial charge >= 0.3 is 0 Å². The van der Waals surface area contributed by atoms with Crippen LogP contribution in [0, 0.1) is 12.7 Å². The zero-order chi connectivity index (χ0) is 20.8. The number of benzene rings is 2. The van der Waals surface area contributed by atoms with Crippen LogP contribution in [-0.2, 0) is 16.0 Å². The predicted molar refractivity (Wildman–Crippen MR) is 109 cm³/mol. The molecule has 1 heterocycles. The third-order valence-corrected chi connectivity index (χ3v) is 5.05. The van der Waals surface area contributed by atoms with Gasteiger partial charge in [0.05, 0.1) is 20.1 Å². The van der Waals surface area contributed by atoms with Gasteiger partial charge in [-0.1, -0.05) is 12.1 Å². The second-order valence-electron chi connectivity index (χ2n) is 7.19. The van der Waals surface area contributed by atoms with Gasteiger partial charge in [0.25, 0.3) is 0 Å². The molecule has 1 saturated heterocycles. The summed E-state index contributed by atoms with van der Waals surface area (Å²) in [5.41, 5.74) is 2.54. The van der Waals surface area contributed by atoms with E-state index in [0.717, 1.165) is 16.9 Å². The van der Waals surface area contributed by atoms with Crippen LogP contribution in [0.4, 0.5) is 10.1 Å². The minimum absolute atomic E-state index is 0.0753. The van der Waals surface area contributed by atoms with E-state index in [1.807, 2.05) is 34.9 Å². The Labute approximate surface area is 170 Å². The smallest absolute Gasteiger partial charge is 0.238 e. The van der Waals surface area contributed by atoms with Gasteiger partial charge in [-0.25, -0.2) is 4.39 Å². The zero-order valence-electron chi connectivity index (χ0n) is 16.8. The Morgan fingerprint density at radius 3 is 2.41 bits per heavy atom. The number of hydrogen-bond donors (Lipinski definition) is 1. The molecule has 0 unspecified atom stereocenters. The molecule has 1 fully saturated rings. The minimum Gasteiger partial charge on any atom is -0.496 e. The molecule has 6 nitrogen and oxygen atoms in total. The molecule has 0 radical (unpaired) electrons. The quantitative estimate of drug-likeness (QED) is 0.811. The highest BCUT2D eigenvalue weighted by Crippen LogP contribution is 2.20. The maximum atomic E-state index is 12.9. The van der Waals surface area contributed by atoms with E-state index in [1.54, 1.807) is 7.11 Å². The molecule has 0 aromatic heterocycles. The van der Waals surface area contributed by atoms with Crippen molar-refractivity contribution >= 4 is 17.5 Å². The van der Waals surface area contributed by atoms with E-state index < -0.39 is 0 Å². The summed E-state index contributed by atoms with van der Waals surface area (Å²) in [6.45, 7) is 4.67. The van der Waals surface area contributed by atoms with Gasteiger partial charge in [-0.15, -0.1) is 0 Å². The molecule has 0 aliphatic carbocycles. The van der Waals surface area contributed by atoms with Gasteiger partial charge in [-0.3, -0.25) is 14.5 Å². The van der Waals surface area contributed by atoms with Gasteiger partial charge in [0.1, 0.15) is 11.6 Å². The monoisotopic (exact) mass is 399 g/mol. The van der Waals surface area contributed by atoms with Crippen LogP contribution in [0.1, 0.15) is 11.1 Å². The van der Waals surface area contributed by atoms with Crippen molar-refractivity contribution in [1.29, 1.82) is 0 Å². The summed E-state index contributed by atoms with van der Waals surface area (Å²) in [7, 11) is 1.62. The van der Waals surface area contributed by atoms with Crippen molar-refractivity contribution in [2.24, 2.45) is 0 Å². The summed E-state index contributed by atoms with van der Waals surface area (Å²) in [5, 5.41) is 2.76. The van der Waals surface area contributed by atoms with Crippen LogP contribution in [0.3, 0.4) is 0 Å². The van der Waals surface area contributed by atoms with Crippen LogP contribution in [0.5, 0.6) is 5.75 Å². The van der Waals surface area contributed by atoms with Crippen LogP contribution in [0.25, 0.3) is 0 Å². The fourth-order valence-electron chi connectivity index (χ4n) is 3.35. The first-order chi connectivity index (χ1) is 13.9. The van der Waals surface area contributed by atoms with E-state index in [4.69, 9.17) is 4.74 Å². The van der Waals surface area contributed by atoms with E-state index in [-0.39, 0.29) is 24.2 Å². The highest BCUT2D eigenvalue weighted by Gasteiger charge is 2.22. The maximum Gasteiger partial charge on any atom is 0.238 e. The summed E-state index contributed by atoms with van der Waals surface area (Å²) in [6, 6.07) is 11.5. The van der Waals surface area contributed by atoms with Gasteiger partial charge in [-0.05, 0) is 48.4 Å². The standard InChI is InChI=1S/C22H26FN3O3/c1-16-3-4-17(13-20(16)29-2)14-22(28)26-11-9-25(10-12-26)15-21(27)24-19-7-5-18(23)6-8-19/h3-8,13H,9-12,14-15H2,1-2H3,(H,24,27). The van der Waals surface area contributed by atoms with Crippen LogP contribution in [0.2, 0.25) is 0 Å². The number of ether oxygens (including phenoxy) is 1. The van der Waals surface area contributed by atoms with E-state index in [9.17, 15) is 14.0 Å². The highest BCUT2D eigenvalue weighted by molar-refractivity contribution is 5.92. The number of carbonyl (C=O) groups is 2. The fraction of sp³-hybridized carbons (Fsp3) is 0.364. The molecular formula is C22H26FN3O3. The Hall–Kier alpha value is -2.93. The molecule has 1 aliphatic rings. The van der Waals surface area contributed by atoms with E-state index in [0.29, 0.717) is 38.3 Å². The van der Waals surface area contributed by atoms with E-state index >= 15 is 0 Å². The summed E-state index contributed by atoms with van der Waals surface area (Å²) < 4.78 is 18.3. The lowest BCUT2D eigenvalue weighted by atomic mass is 10.1. The number of nitrogens with one attached hydrogen (secondary N) is 1. The SMILES string of the molecule is COc1cc(CC(=O)N2CCN(CC(=O)Nc3ccc(F)cc3)CC2)ccc1C. The summed E-state index contributed by atoms with van der Waals surface area (Å²) in [5.74, 6) is 0.370. The Bertz CT molecular complexity index is 862. The lowest BCUT2D eigenvalue weighted by Gasteiger charge is -2.34. The first-order valence-corrected chi connectivity index (χ1v) is 9.63. The summed E-state index contributed by atoms with van der Waals surface area (Å²) in [4.78, 5) is 28.6. The molecule has 0 saturated carbocycles. The van der Waals surface area contributed by atoms with Gasteiger partial charge in [-0.2, -0.15) is 0 Å². The number of hydrogen-bond acceptors (Lipinski definition) is 4. The number of rotatable bonds is 6. The number of halogens is 1. The second kappa shape index (κ2) is 9.52. The number of anilines is 1. The van der Waals surface area contributed by atoms with Crippen LogP contribution < -0.4 is 10.1 Å². The molecule has 3 rings (SSSR count). The maximum absolute atomic E-state index is 12.9. The lowest BCUT2D eigenvalue weighted by molar-refractivity contribution is -0.132. The Morgan fingerprint density at radius 1 is 1.07 bits per heavy atom. The topological polar surface area (TPSA) is 61.9 Å². The van der Waals surface area contributed by atoms with Gasteiger partial charge in [0.15, 0.2) is 0 Å². The first kappa shape index (κ1) is 20.8. The van der Waals surface area contributed by atoms with Crippen molar-refractivity contribution < 1.29 is 18.7 Å². The summed E-state index contributed by atoms with van der Waals surface area (Å²) >= 11 is 0. The molecule has 29 heavy (non-hydrogen) atoms. The number of aryl methyl sites for hydroxylation is 1. The third-order valence-electron chi connectivity index (χ3n) is 5.05. The minimum atomic E-state index is -0.340. The molecular weight excluding hydrogens is 373 g/mol.